The number of hydrogen-bond acceptors (Lipinski definition) is 3. The van der Waals surface area contributed by atoms with Gasteiger partial charge in [-0.25, -0.2) is 9.36 Å². The molecule has 0 spiro atoms. The Kier molecular flexibility index (Phi) is 4.62. The highest BCUT2D eigenvalue weighted by atomic mass is 16.3. The fraction of sp³-hybridized carbons (Fsp3) is 0.375. The average Bonchev–Trinajstić information content (AvgIpc) is 2.46. The number of benzene rings is 1. The Morgan fingerprint density at radius 1 is 1.14 bits per heavy atom. The zero-order valence-electron chi connectivity index (χ0n) is 12.3. The van der Waals surface area contributed by atoms with Crippen LogP contribution in [0.5, 0.6) is 5.88 Å². The number of rotatable bonds is 5. The minimum atomic E-state index is -0.629. The molecule has 2 N–H and O–H groups in total. The quantitative estimate of drug-likeness (QED) is 0.885. The summed E-state index contributed by atoms with van der Waals surface area (Å²) in [5, 5.41) is 10.2. The van der Waals surface area contributed by atoms with Gasteiger partial charge in [-0.1, -0.05) is 32.4 Å². The number of aromatic amines is 1. The number of nitrogens with one attached hydrogen (secondary N) is 1. The lowest BCUT2D eigenvalue weighted by atomic mass is 10.1. The van der Waals surface area contributed by atoms with Crippen LogP contribution in [0.2, 0.25) is 0 Å². The third-order valence-corrected chi connectivity index (χ3v) is 3.55. The summed E-state index contributed by atoms with van der Waals surface area (Å²) in [6, 6.07) is 7.44. The Hall–Kier alpha value is -2.30. The van der Waals surface area contributed by atoms with Gasteiger partial charge in [0.1, 0.15) is 0 Å². The molecule has 0 aliphatic heterocycles. The molecule has 112 valence electrons. The molecule has 5 heteroatoms. The molecule has 5 nitrogen and oxygen atoms in total. The van der Waals surface area contributed by atoms with E-state index in [-0.39, 0.29) is 11.4 Å². The molecule has 2 aromatic rings. The first-order valence-electron chi connectivity index (χ1n) is 7.25. The smallest absolute Gasteiger partial charge is 0.335 e. The Bertz CT molecular complexity index is 727. The Morgan fingerprint density at radius 3 is 2.38 bits per heavy atom. The van der Waals surface area contributed by atoms with Crippen molar-refractivity contribution in [2.75, 3.05) is 0 Å². The normalized spacial score (nSPS) is 10.8. The molecular weight excluding hydrogens is 268 g/mol. The van der Waals surface area contributed by atoms with Crippen LogP contribution in [0.4, 0.5) is 0 Å². The van der Waals surface area contributed by atoms with Crippen molar-refractivity contribution in [1.82, 2.24) is 9.55 Å². The molecule has 1 heterocycles. The number of hydrogen-bond donors (Lipinski definition) is 2. The third-order valence-electron chi connectivity index (χ3n) is 3.55. The molecule has 0 aliphatic carbocycles. The van der Waals surface area contributed by atoms with Crippen LogP contribution in [0.1, 0.15) is 37.8 Å². The molecule has 0 bridgehead atoms. The number of nitrogens with zero attached hydrogens (tertiary/aromatic N) is 1. The zero-order valence-corrected chi connectivity index (χ0v) is 12.3. The van der Waals surface area contributed by atoms with E-state index in [0.717, 1.165) is 23.8 Å². The van der Waals surface area contributed by atoms with E-state index in [1.165, 1.54) is 5.56 Å². The van der Waals surface area contributed by atoms with Crippen LogP contribution < -0.4 is 11.2 Å². The van der Waals surface area contributed by atoms with Crippen molar-refractivity contribution in [3.8, 4) is 11.6 Å². The lowest BCUT2D eigenvalue weighted by molar-refractivity contribution is 0.423. The van der Waals surface area contributed by atoms with Gasteiger partial charge in [-0.05, 0) is 37.0 Å². The van der Waals surface area contributed by atoms with E-state index in [0.29, 0.717) is 12.1 Å². The van der Waals surface area contributed by atoms with Crippen molar-refractivity contribution in [2.24, 2.45) is 0 Å². The van der Waals surface area contributed by atoms with Crippen molar-refractivity contribution in [3.63, 3.8) is 0 Å². The van der Waals surface area contributed by atoms with E-state index in [9.17, 15) is 14.7 Å². The minimum absolute atomic E-state index is 0.213. The number of aryl methyl sites for hydroxylation is 1. The monoisotopic (exact) mass is 288 g/mol. The van der Waals surface area contributed by atoms with Gasteiger partial charge in [0.15, 0.2) is 0 Å². The standard InChI is InChI=1S/C16H20N2O3/c1-3-5-6-11-7-9-12(10-8-11)18-15(20)13(4-2)14(19)17-16(18)21/h7-10,20H,3-6H2,1-2H3,(H,17,19,21). The third kappa shape index (κ3) is 3.07. The van der Waals surface area contributed by atoms with Crippen LogP contribution >= 0.6 is 0 Å². The predicted molar refractivity (Wildman–Crippen MR) is 82.3 cm³/mol. The van der Waals surface area contributed by atoms with Crippen molar-refractivity contribution in [1.29, 1.82) is 0 Å². The zero-order chi connectivity index (χ0) is 15.4. The maximum absolute atomic E-state index is 11.9. The molecule has 0 unspecified atom stereocenters. The van der Waals surface area contributed by atoms with Gasteiger partial charge in [0, 0.05) is 0 Å². The second-order valence-corrected chi connectivity index (χ2v) is 5.02. The Balaban J connectivity index is 2.47. The molecule has 1 aromatic carbocycles. The second-order valence-electron chi connectivity index (χ2n) is 5.02. The van der Waals surface area contributed by atoms with Gasteiger partial charge in [-0.2, -0.15) is 0 Å². The van der Waals surface area contributed by atoms with Crippen molar-refractivity contribution in [2.45, 2.75) is 39.5 Å². The van der Waals surface area contributed by atoms with Gasteiger partial charge in [-0.3, -0.25) is 9.78 Å². The minimum Gasteiger partial charge on any atom is -0.494 e. The van der Waals surface area contributed by atoms with Gasteiger partial charge >= 0.3 is 5.69 Å². The molecule has 0 saturated carbocycles. The summed E-state index contributed by atoms with van der Waals surface area (Å²) in [6.07, 6.45) is 3.59. The lowest BCUT2D eigenvalue weighted by Crippen LogP contribution is -2.31. The molecule has 21 heavy (non-hydrogen) atoms. The van der Waals surface area contributed by atoms with Gasteiger partial charge in [0.2, 0.25) is 5.88 Å². The van der Waals surface area contributed by atoms with Gasteiger partial charge in [0.05, 0.1) is 11.3 Å². The van der Waals surface area contributed by atoms with Crippen molar-refractivity contribution >= 4 is 0 Å². The van der Waals surface area contributed by atoms with Gasteiger partial charge in [-0.15, -0.1) is 0 Å². The summed E-state index contributed by atoms with van der Waals surface area (Å²) < 4.78 is 1.13. The summed E-state index contributed by atoms with van der Waals surface area (Å²) in [5.74, 6) is -0.285. The second kappa shape index (κ2) is 6.43. The van der Waals surface area contributed by atoms with Crippen LogP contribution in [-0.2, 0) is 12.8 Å². The molecule has 0 radical (unpaired) electrons. The van der Waals surface area contributed by atoms with Crippen LogP contribution in [0.3, 0.4) is 0 Å². The largest absolute Gasteiger partial charge is 0.494 e. The maximum Gasteiger partial charge on any atom is 0.335 e. The average molecular weight is 288 g/mol. The maximum atomic E-state index is 11.9. The first-order valence-corrected chi connectivity index (χ1v) is 7.25. The SMILES string of the molecule is CCCCc1ccc(-n2c(O)c(CC)c(=O)[nH]c2=O)cc1. The Labute approximate surface area is 122 Å². The van der Waals surface area contributed by atoms with Crippen molar-refractivity contribution in [3.05, 3.63) is 56.2 Å². The Morgan fingerprint density at radius 2 is 1.81 bits per heavy atom. The van der Waals surface area contributed by atoms with Gasteiger partial charge in [0.25, 0.3) is 5.56 Å². The number of unbranched alkanes of at least 4 members (excludes halogenated alkanes) is 1. The molecule has 0 aliphatic rings. The highest BCUT2D eigenvalue weighted by molar-refractivity contribution is 5.39. The molecule has 0 fully saturated rings. The van der Waals surface area contributed by atoms with Crippen LogP contribution in [0.15, 0.2) is 33.9 Å². The van der Waals surface area contributed by atoms with E-state index in [2.05, 4.69) is 11.9 Å². The molecule has 1 aromatic heterocycles. The first-order chi connectivity index (χ1) is 10.1. The number of aromatic nitrogens is 2. The summed E-state index contributed by atoms with van der Waals surface area (Å²) in [6.45, 7) is 3.89. The first kappa shape index (κ1) is 15.1. The topological polar surface area (TPSA) is 75.1 Å². The summed E-state index contributed by atoms with van der Waals surface area (Å²) in [5.41, 5.74) is 0.786. The lowest BCUT2D eigenvalue weighted by Gasteiger charge is -2.11. The van der Waals surface area contributed by atoms with Crippen LogP contribution in [0.25, 0.3) is 5.69 Å². The number of aromatic hydroxyl groups is 1. The fourth-order valence-corrected chi connectivity index (χ4v) is 2.31. The number of H-pyrrole nitrogens is 1. The highest BCUT2D eigenvalue weighted by Crippen LogP contribution is 2.17. The summed E-state index contributed by atoms with van der Waals surface area (Å²) in [7, 11) is 0. The van der Waals surface area contributed by atoms with E-state index in [1.54, 1.807) is 19.1 Å². The summed E-state index contributed by atoms with van der Waals surface area (Å²) in [4.78, 5) is 25.8. The fourth-order valence-electron chi connectivity index (χ4n) is 2.31. The molecule has 0 amide bonds. The van der Waals surface area contributed by atoms with E-state index in [1.807, 2.05) is 12.1 Å². The van der Waals surface area contributed by atoms with Crippen LogP contribution in [-0.4, -0.2) is 14.7 Å². The highest BCUT2D eigenvalue weighted by Gasteiger charge is 2.13. The van der Waals surface area contributed by atoms with Gasteiger partial charge < -0.3 is 5.11 Å². The summed E-state index contributed by atoms with van der Waals surface area (Å²) >= 11 is 0. The van der Waals surface area contributed by atoms with Crippen LogP contribution in [0, 0.1) is 0 Å². The molecular formula is C16H20N2O3. The van der Waals surface area contributed by atoms with E-state index >= 15 is 0 Å². The molecule has 0 saturated heterocycles. The predicted octanol–water partition coefficient (Wildman–Crippen LogP) is 2.14. The molecule has 2 rings (SSSR count). The van der Waals surface area contributed by atoms with E-state index < -0.39 is 11.2 Å². The molecule has 0 atom stereocenters. The van der Waals surface area contributed by atoms with Crippen molar-refractivity contribution < 1.29 is 5.11 Å². The van der Waals surface area contributed by atoms with E-state index in [4.69, 9.17) is 0 Å².